The number of nitrogens with one attached hydrogen (secondary N) is 1. The molecular formula is C17H21N3O2. The van der Waals surface area contributed by atoms with E-state index in [-0.39, 0.29) is 18.0 Å². The fourth-order valence-corrected chi connectivity index (χ4v) is 3.08. The second-order valence-electron chi connectivity index (χ2n) is 6.00. The van der Waals surface area contributed by atoms with Crippen LogP contribution in [0.2, 0.25) is 0 Å². The van der Waals surface area contributed by atoms with Crippen LogP contribution < -0.4 is 10.9 Å². The summed E-state index contributed by atoms with van der Waals surface area (Å²) in [6.45, 7) is 0.748. The van der Waals surface area contributed by atoms with Gasteiger partial charge >= 0.3 is 0 Å². The van der Waals surface area contributed by atoms with Gasteiger partial charge < -0.3 is 5.32 Å². The Balaban J connectivity index is 1.63. The summed E-state index contributed by atoms with van der Waals surface area (Å²) in [4.78, 5) is 28.6. The van der Waals surface area contributed by atoms with Crippen molar-refractivity contribution in [3.05, 3.63) is 40.9 Å². The van der Waals surface area contributed by atoms with Crippen molar-refractivity contribution in [3.63, 3.8) is 0 Å². The summed E-state index contributed by atoms with van der Waals surface area (Å²) in [7, 11) is 0. The quantitative estimate of drug-likeness (QED) is 0.940. The first-order chi connectivity index (χ1) is 10.7. The van der Waals surface area contributed by atoms with Crippen LogP contribution in [0, 0.1) is 5.92 Å². The maximum Gasteiger partial charge on any atom is 0.261 e. The Morgan fingerprint density at radius 1 is 1.23 bits per heavy atom. The molecule has 2 aromatic rings. The Bertz CT molecular complexity index is 717. The molecular weight excluding hydrogens is 278 g/mol. The molecule has 0 radical (unpaired) electrons. The lowest BCUT2D eigenvalue weighted by atomic mass is 9.89. The summed E-state index contributed by atoms with van der Waals surface area (Å²) in [5.74, 6) is 0.467. The standard InChI is InChI=1S/C17H21N3O2/c21-16(18-10-13-6-2-1-3-7-13)11-20-12-19-15-9-5-4-8-14(15)17(20)22/h4-5,8-9,12-13H,1-3,6-7,10-11H2,(H,18,21). The van der Waals surface area contributed by atoms with Gasteiger partial charge in [0.25, 0.3) is 5.56 Å². The van der Waals surface area contributed by atoms with E-state index in [9.17, 15) is 9.59 Å². The second-order valence-corrected chi connectivity index (χ2v) is 6.00. The number of hydrogen-bond acceptors (Lipinski definition) is 3. The van der Waals surface area contributed by atoms with E-state index in [2.05, 4.69) is 10.3 Å². The van der Waals surface area contributed by atoms with Crippen molar-refractivity contribution < 1.29 is 4.79 Å². The van der Waals surface area contributed by atoms with Crippen LogP contribution in [0.15, 0.2) is 35.4 Å². The van der Waals surface area contributed by atoms with Gasteiger partial charge in [-0.15, -0.1) is 0 Å². The molecule has 1 N–H and O–H groups in total. The van der Waals surface area contributed by atoms with E-state index in [1.807, 2.05) is 6.07 Å². The third-order valence-electron chi connectivity index (χ3n) is 4.36. The maximum absolute atomic E-state index is 12.3. The topological polar surface area (TPSA) is 64.0 Å². The van der Waals surface area contributed by atoms with Crippen molar-refractivity contribution >= 4 is 16.8 Å². The Morgan fingerprint density at radius 3 is 2.82 bits per heavy atom. The molecule has 5 heteroatoms. The van der Waals surface area contributed by atoms with Crippen LogP contribution in [0.3, 0.4) is 0 Å². The average molecular weight is 299 g/mol. The minimum absolute atomic E-state index is 0.0311. The van der Waals surface area contributed by atoms with E-state index in [0.717, 1.165) is 0 Å². The van der Waals surface area contributed by atoms with Gasteiger partial charge in [0.1, 0.15) is 6.54 Å². The van der Waals surface area contributed by atoms with Crippen LogP contribution >= 0.6 is 0 Å². The fraction of sp³-hybridized carbons (Fsp3) is 0.471. The highest BCUT2D eigenvalue weighted by Gasteiger charge is 2.14. The molecule has 5 nitrogen and oxygen atoms in total. The number of amides is 1. The van der Waals surface area contributed by atoms with Gasteiger partial charge in [0, 0.05) is 6.54 Å². The zero-order valence-electron chi connectivity index (χ0n) is 12.6. The largest absolute Gasteiger partial charge is 0.354 e. The summed E-state index contributed by atoms with van der Waals surface area (Å²) in [6.07, 6.45) is 7.66. The van der Waals surface area contributed by atoms with Gasteiger partial charge in [-0.25, -0.2) is 4.98 Å². The van der Waals surface area contributed by atoms with Gasteiger partial charge in [-0.1, -0.05) is 31.4 Å². The lowest BCUT2D eigenvalue weighted by molar-refractivity contribution is -0.121. The van der Waals surface area contributed by atoms with Crippen LogP contribution in [0.4, 0.5) is 0 Å². The Morgan fingerprint density at radius 2 is 2.00 bits per heavy atom. The number of rotatable bonds is 4. The van der Waals surface area contributed by atoms with E-state index >= 15 is 0 Å². The molecule has 1 fully saturated rings. The molecule has 3 rings (SSSR count). The van der Waals surface area contributed by atoms with Crippen molar-refractivity contribution in [3.8, 4) is 0 Å². The van der Waals surface area contributed by atoms with E-state index in [1.54, 1.807) is 18.2 Å². The highest BCUT2D eigenvalue weighted by atomic mass is 16.2. The van der Waals surface area contributed by atoms with Crippen molar-refractivity contribution in [1.82, 2.24) is 14.9 Å². The zero-order valence-corrected chi connectivity index (χ0v) is 12.6. The van der Waals surface area contributed by atoms with Crippen LogP contribution in [0.1, 0.15) is 32.1 Å². The van der Waals surface area contributed by atoms with Crippen molar-refractivity contribution in [2.45, 2.75) is 38.6 Å². The molecule has 1 aromatic carbocycles. The number of carbonyl (C=O) groups excluding carboxylic acids is 1. The number of fused-ring (bicyclic) bond motifs is 1. The molecule has 1 amide bonds. The van der Waals surface area contributed by atoms with Crippen molar-refractivity contribution in [2.24, 2.45) is 5.92 Å². The summed E-state index contributed by atoms with van der Waals surface area (Å²) < 4.78 is 1.37. The van der Waals surface area contributed by atoms with Gasteiger partial charge in [-0.2, -0.15) is 0 Å². The molecule has 0 spiro atoms. The first-order valence-corrected chi connectivity index (χ1v) is 7.95. The number of para-hydroxylation sites is 1. The van der Waals surface area contributed by atoms with Crippen molar-refractivity contribution in [2.75, 3.05) is 6.54 Å². The molecule has 0 unspecified atom stereocenters. The number of hydrogen-bond donors (Lipinski definition) is 1. The van der Waals surface area contributed by atoms with Crippen LogP contribution in [0.5, 0.6) is 0 Å². The number of nitrogens with zero attached hydrogens (tertiary/aromatic N) is 2. The summed E-state index contributed by atoms with van der Waals surface area (Å²) >= 11 is 0. The molecule has 1 aromatic heterocycles. The number of benzene rings is 1. The highest BCUT2D eigenvalue weighted by molar-refractivity contribution is 5.78. The second kappa shape index (κ2) is 6.73. The molecule has 0 atom stereocenters. The van der Waals surface area contributed by atoms with Gasteiger partial charge in [-0.3, -0.25) is 14.2 Å². The van der Waals surface area contributed by atoms with Crippen LogP contribution in [-0.4, -0.2) is 22.0 Å². The summed E-state index contributed by atoms with van der Waals surface area (Å²) in [5, 5.41) is 3.50. The molecule has 1 saturated carbocycles. The number of carbonyl (C=O) groups is 1. The molecule has 0 bridgehead atoms. The van der Waals surface area contributed by atoms with E-state index < -0.39 is 0 Å². The molecule has 116 valence electrons. The molecule has 1 heterocycles. The first kappa shape index (κ1) is 14.8. The monoisotopic (exact) mass is 299 g/mol. The van der Waals surface area contributed by atoms with E-state index in [0.29, 0.717) is 23.4 Å². The zero-order chi connectivity index (χ0) is 15.4. The summed E-state index contributed by atoms with van der Waals surface area (Å²) in [5.41, 5.74) is 0.491. The van der Waals surface area contributed by atoms with Gasteiger partial charge in [0.05, 0.1) is 17.2 Å². The Kier molecular flexibility index (Phi) is 4.51. The predicted molar refractivity (Wildman–Crippen MR) is 85.6 cm³/mol. The normalized spacial score (nSPS) is 15.8. The summed E-state index contributed by atoms with van der Waals surface area (Å²) in [6, 6.07) is 7.18. The molecule has 22 heavy (non-hydrogen) atoms. The molecule has 0 aliphatic heterocycles. The minimum Gasteiger partial charge on any atom is -0.354 e. The van der Waals surface area contributed by atoms with E-state index in [4.69, 9.17) is 0 Å². The predicted octanol–water partition coefficient (Wildman–Crippen LogP) is 2.09. The van der Waals surface area contributed by atoms with Gasteiger partial charge in [0.2, 0.25) is 5.91 Å². The fourth-order valence-electron chi connectivity index (χ4n) is 3.08. The lowest BCUT2D eigenvalue weighted by Crippen LogP contribution is -2.35. The highest BCUT2D eigenvalue weighted by Crippen LogP contribution is 2.22. The smallest absolute Gasteiger partial charge is 0.261 e. The number of aromatic nitrogens is 2. The van der Waals surface area contributed by atoms with Crippen LogP contribution in [0.25, 0.3) is 10.9 Å². The molecule has 1 aliphatic carbocycles. The van der Waals surface area contributed by atoms with Gasteiger partial charge in [-0.05, 0) is 30.9 Å². The molecule has 1 aliphatic rings. The first-order valence-electron chi connectivity index (χ1n) is 7.95. The third-order valence-corrected chi connectivity index (χ3v) is 4.36. The Hall–Kier alpha value is -2.17. The molecule has 0 saturated heterocycles. The van der Waals surface area contributed by atoms with Crippen molar-refractivity contribution in [1.29, 1.82) is 0 Å². The maximum atomic E-state index is 12.3. The van der Waals surface area contributed by atoms with Crippen LogP contribution in [-0.2, 0) is 11.3 Å². The average Bonchev–Trinajstić information content (AvgIpc) is 2.57. The van der Waals surface area contributed by atoms with E-state index in [1.165, 1.54) is 43.0 Å². The lowest BCUT2D eigenvalue weighted by Gasteiger charge is -2.21. The Labute approximate surface area is 129 Å². The SMILES string of the molecule is O=C(Cn1cnc2ccccc2c1=O)NCC1CCCCC1. The minimum atomic E-state index is -0.168. The van der Waals surface area contributed by atoms with Gasteiger partial charge in [0.15, 0.2) is 0 Å². The third kappa shape index (κ3) is 3.35.